The van der Waals surface area contributed by atoms with Crippen LogP contribution in [0.2, 0.25) is 0 Å². The van der Waals surface area contributed by atoms with Crippen molar-refractivity contribution in [1.82, 2.24) is 9.88 Å². The van der Waals surface area contributed by atoms with Gasteiger partial charge in [-0.05, 0) is 30.0 Å². The highest BCUT2D eigenvalue weighted by molar-refractivity contribution is 6.01. The van der Waals surface area contributed by atoms with Crippen molar-refractivity contribution in [3.63, 3.8) is 0 Å². The van der Waals surface area contributed by atoms with Gasteiger partial charge in [0, 0.05) is 30.2 Å². The second-order valence-corrected chi connectivity index (χ2v) is 5.58. The topological polar surface area (TPSA) is 112 Å². The number of benzene rings is 1. The first-order chi connectivity index (χ1) is 11.0. The van der Waals surface area contributed by atoms with Gasteiger partial charge in [0.05, 0.1) is 7.11 Å². The number of likely N-dealkylation sites (tertiary alicyclic amines) is 1. The van der Waals surface area contributed by atoms with E-state index < -0.39 is 11.8 Å². The van der Waals surface area contributed by atoms with Crippen LogP contribution in [0, 0.1) is 5.92 Å². The highest BCUT2D eigenvalue weighted by Crippen LogP contribution is 2.30. The number of amides is 2. The molecule has 128 valence electrons. The van der Waals surface area contributed by atoms with E-state index in [-0.39, 0.29) is 18.3 Å². The van der Waals surface area contributed by atoms with Crippen LogP contribution >= 0.6 is 12.4 Å². The first-order valence-corrected chi connectivity index (χ1v) is 7.30. The predicted octanol–water partition coefficient (Wildman–Crippen LogP) is 1.08. The molecule has 1 aromatic carbocycles. The molecule has 1 fully saturated rings. The van der Waals surface area contributed by atoms with Gasteiger partial charge in [-0.15, -0.1) is 12.4 Å². The van der Waals surface area contributed by atoms with E-state index in [1.54, 1.807) is 18.2 Å². The van der Waals surface area contributed by atoms with Crippen LogP contribution in [0.25, 0.3) is 10.8 Å². The molecule has 3 rings (SSSR count). The van der Waals surface area contributed by atoms with E-state index in [0.29, 0.717) is 31.1 Å². The quantitative estimate of drug-likeness (QED) is 0.801. The van der Waals surface area contributed by atoms with Crippen LogP contribution < -0.4 is 16.2 Å². The number of carbonyl (C=O) groups excluding carboxylic acids is 2. The van der Waals surface area contributed by atoms with Crippen molar-refractivity contribution in [2.45, 2.75) is 13.0 Å². The van der Waals surface area contributed by atoms with E-state index in [2.05, 4.69) is 4.98 Å². The number of primary amides is 1. The zero-order valence-electron chi connectivity index (χ0n) is 13.2. The number of anilines is 1. The molecular weight excluding hydrogens is 332 g/mol. The number of hydrogen-bond donors (Lipinski definition) is 2. The minimum Gasteiger partial charge on any atom is -0.496 e. The normalized spacial score (nSPS) is 17.0. The van der Waals surface area contributed by atoms with E-state index >= 15 is 0 Å². The summed E-state index contributed by atoms with van der Waals surface area (Å²) in [6, 6.07) is 5.60. The number of pyridine rings is 1. The lowest BCUT2D eigenvalue weighted by molar-refractivity contribution is -0.136. The van der Waals surface area contributed by atoms with Crippen LogP contribution in [0.15, 0.2) is 24.4 Å². The molecule has 1 atom stereocenters. The number of rotatable bonds is 4. The number of nitrogen functional groups attached to an aromatic ring is 1. The smallest absolute Gasteiger partial charge is 0.235 e. The maximum absolute atomic E-state index is 12.2. The van der Waals surface area contributed by atoms with Crippen LogP contribution in [0.5, 0.6) is 5.75 Å². The third kappa shape index (κ3) is 3.07. The Morgan fingerprint density at radius 2 is 2.21 bits per heavy atom. The molecule has 0 spiro atoms. The molecular formula is C16H19ClN4O3. The van der Waals surface area contributed by atoms with Crippen molar-refractivity contribution < 1.29 is 14.3 Å². The Hall–Kier alpha value is -2.54. The van der Waals surface area contributed by atoms with Crippen LogP contribution in [-0.2, 0) is 16.1 Å². The molecule has 2 heterocycles. The summed E-state index contributed by atoms with van der Waals surface area (Å²) < 4.78 is 5.42. The lowest BCUT2D eigenvalue weighted by atomic mass is 10.1. The van der Waals surface area contributed by atoms with Crippen LogP contribution in [0.1, 0.15) is 12.0 Å². The Balaban J connectivity index is 0.00000208. The van der Waals surface area contributed by atoms with E-state index in [1.165, 1.54) is 0 Å². The Labute approximate surface area is 145 Å². The molecule has 1 aliphatic rings. The van der Waals surface area contributed by atoms with Crippen molar-refractivity contribution in [2.75, 3.05) is 19.4 Å². The summed E-state index contributed by atoms with van der Waals surface area (Å²) in [4.78, 5) is 29.2. The highest BCUT2D eigenvalue weighted by Gasteiger charge is 2.35. The average molecular weight is 351 g/mol. The molecule has 1 aromatic heterocycles. The number of carbonyl (C=O) groups is 2. The molecule has 0 unspecified atom stereocenters. The molecule has 8 heteroatoms. The number of aromatic nitrogens is 1. The summed E-state index contributed by atoms with van der Waals surface area (Å²) in [7, 11) is 1.58. The molecule has 0 saturated carbocycles. The zero-order chi connectivity index (χ0) is 16.6. The summed E-state index contributed by atoms with van der Waals surface area (Å²) >= 11 is 0. The molecule has 0 bridgehead atoms. The predicted molar refractivity (Wildman–Crippen MR) is 92.7 cm³/mol. The van der Waals surface area contributed by atoms with E-state index in [4.69, 9.17) is 16.2 Å². The summed E-state index contributed by atoms with van der Waals surface area (Å²) in [5.74, 6) is -0.448. The largest absolute Gasteiger partial charge is 0.496 e. The Morgan fingerprint density at radius 1 is 1.46 bits per heavy atom. The fourth-order valence-corrected chi connectivity index (χ4v) is 2.95. The number of hydrogen-bond acceptors (Lipinski definition) is 5. The lowest BCUT2D eigenvalue weighted by Crippen LogP contribution is -2.33. The molecule has 4 N–H and O–H groups in total. The number of ether oxygens (including phenoxy) is 1. The van der Waals surface area contributed by atoms with Crippen LogP contribution in [0.4, 0.5) is 5.82 Å². The fraction of sp³-hybridized carbons (Fsp3) is 0.312. The highest BCUT2D eigenvalue weighted by atomic mass is 35.5. The van der Waals surface area contributed by atoms with E-state index in [9.17, 15) is 9.59 Å². The zero-order valence-corrected chi connectivity index (χ0v) is 14.0. The van der Waals surface area contributed by atoms with Gasteiger partial charge < -0.3 is 21.1 Å². The first kappa shape index (κ1) is 17.8. The fourth-order valence-electron chi connectivity index (χ4n) is 2.95. The maximum Gasteiger partial charge on any atom is 0.235 e. The third-order valence-corrected chi connectivity index (χ3v) is 4.20. The molecule has 24 heavy (non-hydrogen) atoms. The van der Waals surface area contributed by atoms with Crippen molar-refractivity contribution in [1.29, 1.82) is 0 Å². The van der Waals surface area contributed by atoms with Crippen molar-refractivity contribution >= 4 is 40.8 Å². The molecule has 1 saturated heterocycles. The number of halogens is 1. The number of fused-ring (bicyclic) bond motifs is 1. The van der Waals surface area contributed by atoms with Crippen molar-refractivity contribution in [3.05, 3.63) is 30.0 Å². The summed E-state index contributed by atoms with van der Waals surface area (Å²) in [6.07, 6.45) is 2.09. The molecule has 2 amide bonds. The Kier molecular flexibility index (Phi) is 5.14. The number of methoxy groups -OCH3 is 1. The van der Waals surface area contributed by atoms with Gasteiger partial charge in [0.15, 0.2) is 0 Å². The summed E-state index contributed by atoms with van der Waals surface area (Å²) in [6.45, 7) is 0.839. The van der Waals surface area contributed by atoms with E-state index in [1.807, 2.05) is 18.2 Å². The second-order valence-electron chi connectivity index (χ2n) is 5.58. The Morgan fingerprint density at radius 3 is 2.83 bits per heavy atom. The molecule has 1 aliphatic heterocycles. The molecule has 0 aliphatic carbocycles. The van der Waals surface area contributed by atoms with Crippen molar-refractivity contribution in [2.24, 2.45) is 11.7 Å². The average Bonchev–Trinajstić information content (AvgIpc) is 2.89. The van der Waals surface area contributed by atoms with E-state index in [0.717, 1.165) is 16.3 Å². The van der Waals surface area contributed by atoms with Gasteiger partial charge in [-0.3, -0.25) is 9.59 Å². The molecule has 2 aromatic rings. The van der Waals surface area contributed by atoms with Crippen LogP contribution in [-0.4, -0.2) is 35.4 Å². The minimum absolute atomic E-state index is 0. The molecule has 0 radical (unpaired) electrons. The number of nitrogens with zero attached hydrogens (tertiary/aromatic N) is 2. The van der Waals surface area contributed by atoms with Gasteiger partial charge >= 0.3 is 0 Å². The van der Waals surface area contributed by atoms with Gasteiger partial charge in [0.1, 0.15) is 17.5 Å². The van der Waals surface area contributed by atoms with Crippen LogP contribution in [0.3, 0.4) is 0 Å². The second kappa shape index (κ2) is 6.92. The number of nitrogens with two attached hydrogens (primary N) is 2. The third-order valence-electron chi connectivity index (χ3n) is 4.20. The van der Waals surface area contributed by atoms with Gasteiger partial charge in [0.25, 0.3) is 0 Å². The standard InChI is InChI=1S/C16H18N4O3.ClH/c1-23-13-7-9-2-4-19-14(17)12(9)6-10(13)8-20-5-3-11(15(18)21)16(20)22;/h2,4,6-7,11H,3,5,8H2,1H3,(H2,17,19)(H2,18,21);1H/t11-;/m0./s1. The summed E-state index contributed by atoms with van der Waals surface area (Å²) in [5.41, 5.74) is 12.0. The van der Waals surface area contributed by atoms with Gasteiger partial charge in [-0.25, -0.2) is 4.98 Å². The first-order valence-electron chi connectivity index (χ1n) is 7.30. The minimum atomic E-state index is -0.729. The Bertz CT molecular complexity index is 796. The SMILES string of the molecule is COc1cc2ccnc(N)c2cc1CN1CC[C@@H](C(N)=O)C1=O.Cl. The van der Waals surface area contributed by atoms with Gasteiger partial charge in [0.2, 0.25) is 11.8 Å². The lowest BCUT2D eigenvalue weighted by Gasteiger charge is -2.19. The monoisotopic (exact) mass is 350 g/mol. The van der Waals surface area contributed by atoms with Crippen molar-refractivity contribution in [3.8, 4) is 5.75 Å². The van der Waals surface area contributed by atoms with Gasteiger partial charge in [-0.2, -0.15) is 0 Å². The van der Waals surface area contributed by atoms with Gasteiger partial charge in [-0.1, -0.05) is 0 Å². The summed E-state index contributed by atoms with van der Waals surface area (Å²) in [5, 5.41) is 1.72. The molecule has 7 nitrogen and oxygen atoms in total. The maximum atomic E-state index is 12.2.